The first kappa shape index (κ1) is 15.7. The largest absolute Gasteiger partial charge is 0.332 e. The predicted molar refractivity (Wildman–Crippen MR) is 96.8 cm³/mol. The summed E-state index contributed by atoms with van der Waals surface area (Å²) in [6, 6.07) is 12.7. The van der Waals surface area contributed by atoms with Crippen LogP contribution in [-0.4, -0.2) is 31.0 Å². The molecule has 0 fully saturated rings. The number of urea groups is 1. The highest BCUT2D eigenvalue weighted by Crippen LogP contribution is 2.16. The van der Waals surface area contributed by atoms with Crippen molar-refractivity contribution in [2.45, 2.75) is 6.54 Å². The Kier molecular flexibility index (Phi) is 4.21. The molecule has 0 aliphatic rings. The van der Waals surface area contributed by atoms with Crippen molar-refractivity contribution >= 4 is 22.6 Å². The Morgan fingerprint density at radius 3 is 2.85 bits per heavy atom. The number of nitrogens with zero attached hydrogens (tertiary/aromatic N) is 5. The molecule has 4 rings (SSSR count). The zero-order valence-corrected chi connectivity index (χ0v) is 13.7. The predicted octanol–water partition coefficient (Wildman–Crippen LogP) is 2.53. The van der Waals surface area contributed by atoms with E-state index in [4.69, 9.17) is 0 Å². The van der Waals surface area contributed by atoms with Crippen molar-refractivity contribution < 1.29 is 4.79 Å². The van der Waals surface area contributed by atoms with Crippen molar-refractivity contribution in [1.29, 1.82) is 0 Å². The third-order valence-corrected chi connectivity index (χ3v) is 3.76. The highest BCUT2D eigenvalue weighted by atomic mass is 16.2. The molecule has 128 valence electrons. The number of carbonyl (C=O) groups excluding carboxylic acids is 1. The van der Waals surface area contributed by atoms with Gasteiger partial charge in [-0.05, 0) is 36.4 Å². The van der Waals surface area contributed by atoms with Crippen LogP contribution in [0.1, 0.15) is 5.69 Å². The fraction of sp³-hybridized carbons (Fsp3) is 0.0556. The second kappa shape index (κ2) is 6.98. The minimum absolute atomic E-state index is 0.270. The summed E-state index contributed by atoms with van der Waals surface area (Å²) in [5.41, 5.74) is 3.09. The Morgan fingerprint density at radius 1 is 1.08 bits per heavy atom. The van der Waals surface area contributed by atoms with Gasteiger partial charge in [-0.3, -0.25) is 9.97 Å². The van der Waals surface area contributed by atoms with Crippen molar-refractivity contribution in [2.24, 2.45) is 0 Å². The van der Waals surface area contributed by atoms with Crippen molar-refractivity contribution in [3.8, 4) is 5.69 Å². The first-order valence-electron chi connectivity index (χ1n) is 7.99. The van der Waals surface area contributed by atoms with Gasteiger partial charge in [-0.2, -0.15) is 0 Å². The summed E-state index contributed by atoms with van der Waals surface area (Å²) in [4.78, 5) is 20.3. The minimum atomic E-state index is -0.313. The number of aromatic nitrogens is 5. The molecule has 1 aromatic carbocycles. The molecule has 26 heavy (non-hydrogen) atoms. The van der Waals surface area contributed by atoms with E-state index in [0.717, 1.165) is 16.6 Å². The van der Waals surface area contributed by atoms with Crippen LogP contribution in [0.2, 0.25) is 0 Å². The van der Waals surface area contributed by atoms with Gasteiger partial charge in [-0.25, -0.2) is 9.48 Å². The van der Waals surface area contributed by atoms with Gasteiger partial charge in [-0.15, -0.1) is 5.10 Å². The molecular formula is C18H15N7O. The summed E-state index contributed by atoms with van der Waals surface area (Å²) in [6.07, 6.45) is 6.86. The first-order chi connectivity index (χ1) is 12.8. The Balaban J connectivity index is 1.37. The summed E-state index contributed by atoms with van der Waals surface area (Å²) in [6.45, 7) is 0.270. The van der Waals surface area contributed by atoms with Gasteiger partial charge >= 0.3 is 6.03 Å². The molecule has 0 saturated heterocycles. The zero-order chi connectivity index (χ0) is 17.8. The number of nitrogens with one attached hydrogen (secondary N) is 2. The molecule has 0 radical (unpaired) electrons. The third kappa shape index (κ3) is 3.48. The molecule has 8 heteroatoms. The lowest BCUT2D eigenvalue weighted by molar-refractivity contribution is 0.251. The van der Waals surface area contributed by atoms with Crippen molar-refractivity contribution in [3.05, 3.63) is 72.9 Å². The lowest BCUT2D eigenvalue weighted by atomic mass is 10.2. The van der Waals surface area contributed by atoms with Gasteiger partial charge in [0.25, 0.3) is 0 Å². The van der Waals surface area contributed by atoms with Crippen LogP contribution in [0.15, 0.2) is 67.3 Å². The maximum atomic E-state index is 12.1. The summed E-state index contributed by atoms with van der Waals surface area (Å²) < 4.78 is 1.63. The number of carbonyl (C=O) groups is 1. The normalized spacial score (nSPS) is 10.6. The number of hydrogen-bond donors (Lipinski definition) is 2. The molecule has 0 aliphatic carbocycles. The molecular weight excluding hydrogens is 330 g/mol. The first-order valence-corrected chi connectivity index (χ1v) is 7.99. The van der Waals surface area contributed by atoms with Crippen LogP contribution in [0.25, 0.3) is 16.6 Å². The second-order valence-corrected chi connectivity index (χ2v) is 5.58. The van der Waals surface area contributed by atoms with Gasteiger partial charge in [0.2, 0.25) is 0 Å². The molecule has 0 atom stereocenters. The van der Waals surface area contributed by atoms with E-state index in [2.05, 4.69) is 30.9 Å². The molecule has 2 N–H and O–H groups in total. The smallest absolute Gasteiger partial charge is 0.319 e. The van der Waals surface area contributed by atoms with Crippen molar-refractivity contribution in [2.75, 3.05) is 5.32 Å². The summed E-state index contributed by atoms with van der Waals surface area (Å²) >= 11 is 0. The van der Waals surface area contributed by atoms with Gasteiger partial charge in [0.05, 0.1) is 23.9 Å². The van der Waals surface area contributed by atoms with Crippen LogP contribution >= 0.6 is 0 Å². The lowest BCUT2D eigenvalue weighted by Crippen LogP contribution is -2.28. The quantitative estimate of drug-likeness (QED) is 0.592. The maximum absolute atomic E-state index is 12.1. The maximum Gasteiger partial charge on any atom is 0.319 e. The average molecular weight is 345 g/mol. The van der Waals surface area contributed by atoms with Gasteiger partial charge in [0, 0.05) is 29.7 Å². The fourth-order valence-electron chi connectivity index (χ4n) is 2.50. The monoisotopic (exact) mass is 345 g/mol. The number of pyridine rings is 2. The SMILES string of the molecule is O=C(NCc1cn(-c2ccncc2)nn1)Nc1ccc2ncccc2c1. The molecule has 0 aliphatic heterocycles. The van der Waals surface area contributed by atoms with Crippen LogP contribution in [0.5, 0.6) is 0 Å². The van der Waals surface area contributed by atoms with Crippen LogP contribution in [-0.2, 0) is 6.54 Å². The molecule has 4 aromatic rings. The second-order valence-electron chi connectivity index (χ2n) is 5.58. The number of rotatable bonds is 4. The van der Waals surface area contributed by atoms with Gasteiger partial charge in [0.1, 0.15) is 5.69 Å². The number of anilines is 1. The van der Waals surface area contributed by atoms with E-state index in [1.165, 1.54) is 0 Å². The third-order valence-electron chi connectivity index (χ3n) is 3.76. The van der Waals surface area contributed by atoms with E-state index < -0.39 is 0 Å². The fourth-order valence-corrected chi connectivity index (χ4v) is 2.50. The van der Waals surface area contributed by atoms with Crippen LogP contribution < -0.4 is 10.6 Å². The molecule has 0 unspecified atom stereocenters. The van der Waals surface area contributed by atoms with Gasteiger partial charge < -0.3 is 10.6 Å². The molecule has 0 spiro atoms. The molecule has 3 aromatic heterocycles. The van der Waals surface area contributed by atoms with E-state index in [0.29, 0.717) is 11.4 Å². The van der Waals surface area contributed by atoms with Crippen LogP contribution in [0, 0.1) is 0 Å². The number of hydrogen-bond acceptors (Lipinski definition) is 5. The van der Waals surface area contributed by atoms with E-state index >= 15 is 0 Å². The van der Waals surface area contributed by atoms with Crippen molar-refractivity contribution in [1.82, 2.24) is 30.3 Å². The molecule has 0 saturated carbocycles. The van der Waals surface area contributed by atoms with Crippen molar-refractivity contribution in [3.63, 3.8) is 0 Å². The zero-order valence-electron chi connectivity index (χ0n) is 13.7. The molecule has 3 heterocycles. The highest BCUT2D eigenvalue weighted by molar-refractivity contribution is 5.92. The van der Waals surface area contributed by atoms with Gasteiger partial charge in [0.15, 0.2) is 0 Å². The summed E-state index contributed by atoms with van der Waals surface area (Å²) in [5, 5.41) is 14.6. The molecule has 0 bridgehead atoms. The molecule has 2 amide bonds. The van der Waals surface area contributed by atoms with E-state index in [1.54, 1.807) is 29.5 Å². The average Bonchev–Trinajstić information content (AvgIpc) is 3.16. The Labute approximate surface area is 148 Å². The Morgan fingerprint density at radius 2 is 1.96 bits per heavy atom. The summed E-state index contributed by atoms with van der Waals surface area (Å²) in [5.74, 6) is 0. The number of fused-ring (bicyclic) bond motifs is 1. The Hall–Kier alpha value is -3.81. The Bertz CT molecular complexity index is 1050. The van der Waals surface area contributed by atoms with E-state index in [-0.39, 0.29) is 12.6 Å². The highest BCUT2D eigenvalue weighted by Gasteiger charge is 2.06. The topological polar surface area (TPSA) is 97.6 Å². The summed E-state index contributed by atoms with van der Waals surface area (Å²) in [7, 11) is 0. The number of amides is 2. The standard InChI is InChI=1S/C18H15N7O/c26-18(22-14-3-4-17-13(10-14)2-1-7-20-17)21-11-15-12-25(24-23-15)16-5-8-19-9-6-16/h1-10,12H,11H2,(H2,21,22,26). The minimum Gasteiger partial charge on any atom is -0.332 e. The van der Waals surface area contributed by atoms with E-state index in [9.17, 15) is 4.79 Å². The van der Waals surface area contributed by atoms with Crippen LogP contribution in [0.4, 0.5) is 10.5 Å². The van der Waals surface area contributed by atoms with Crippen LogP contribution in [0.3, 0.4) is 0 Å². The number of benzene rings is 1. The van der Waals surface area contributed by atoms with E-state index in [1.807, 2.05) is 42.5 Å². The lowest BCUT2D eigenvalue weighted by Gasteiger charge is -2.07. The molecule has 8 nitrogen and oxygen atoms in total. The van der Waals surface area contributed by atoms with Gasteiger partial charge in [-0.1, -0.05) is 11.3 Å².